The number of aryl methyl sites for hydroxylation is 1. The van der Waals surface area contributed by atoms with Gasteiger partial charge in [-0.25, -0.2) is 0 Å². The van der Waals surface area contributed by atoms with Gasteiger partial charge in [0.25, 0.3) is 0 Å². The van der Waals surface area contributed by atoms with Crippen LogP contribution in [0.1, 0.15) is 11.4 Å². The smallest absolute Gasteiger partial charge is 0.138 e. The molecule has 0 spiro atoms. The second-order valence-corrected chi connectivity index (χ2v) is 4.00. The highest BCUT2D eigenvalue weighted by Crippen LogP contribution is 2.18. The average molecular weight is 244 g/mol. The van der Waals surface area contributed by atoms with E-state index in [1.165, 1.54) is 0 Å². The quantitative estimate of drug-likeness (QED) is 0.868. The van der Waals surface area contributed by atoms with Crippen LogP contribution in [-0.4, -0.2) is 17.2 Å². The van der Waals surface area contributed by atoms with E-state index in [-0.39, 0.29) is 5.75 Å². The lowest BCUT2D eigenvalue weighted by Crippen LogP contribution is -2.02. The molecule has 2 N–H and O–H groups in total. The van der Waals surface area contributed by atoms with E-state index in [4.69, 9.17) is 4.74 Å². The van der Waals surface area contributed by atoms with Gasteiger partial charge in [-0.1, -0.05) is 0 Å². The number of hydrogen-bond acceptors (Lipinski definition) is 4. The van der Waals surface area contributed by atoms with Crippen molar-refractivity contribution in [1.82, 2.24) is 4.98 Å². The van der Waals surface area contributed by atoms with Gasteiger partial charge in [-0.15, -0.1) is 0 Å². The number of anilines is 1. The Balaban J connectivity index is 2.04. The van der Waals surface area contributed by atoms with Crippen molar-refractivity contribution >= 4 is 5.69 Å². The van der Waals surface area contributed by atoms with Crippen LogP contribution in [0.2, 0.25) is 0 Å². The Bertz CT molecular complexity index is 524. The van der Waals surface area contributed by atoms with Gasteiger partial charge >= 0.3 is 0 Å². The first-order chi connectivity index (χ1) is 8.69. The molecule has 4 nitrogen and oxygen atoms in total. The van der Waals surface area contributed by atoms with E-state index in [2.05, 4.69) is 10.3 Å². The Morgan fingerprint density at radius 3 is 2.56 bits per heavy atom. The molecule has 0 fully saturated rings. The van der Waals surface area contributed by atoms with Crippen molar-refractivity contribution in [2.24, 2.45) is 0 Å². The number of aromatic nitrogens is 1. The van der Waals surface area contributed by atoms with Gasteiger partial charge < -0.3 is 15.2 Å². The van der Waals surface area contributed by atoms with Crippen LogP contribution in [0.4, 0.5) is 5.69 Å². The van der Waals surface area contributed by atoms with Crippen molar-refractivity contribution in [2.75, 3.05) is 12.4 Å². The number of nitrogens with zero attached hydrogens (tertiary/aromatic N) is 1. The van der Waals surface area contributed by atoms with Gasteiger partial charge in [0, 0.05) is 11.4 Å². The first-order valence-electron chi connectivity index (χ1n) is 5.72. The number of methoxy groups -OCH3 is 1. The minimum absolute atomic E-state index is 0.210. The van der Waals surface area contributed by atoms with Crippen molar-refractivity contribution in [2.45, 2.75) is 13.5 Å². The van der Waals surface area contributed by atoms with Gasteiger partial charge in [-0.3, -0.25) is 4.98 Å². The number of pyridine rings is 1. The first kappa shape index (κ1) is 12.2. The molecule has 1 aromatic heterocycles. The predicted octanol–water partition coefficient (Wildman–Crippen LogP) is 2.72. The molecule has 0 saturated heterocycles. The zero-order valence-corrected chi connectivity index (χ0v) is 10.5. The van der Waals surface area contributed by atoms with E-state index in [1.54, 1.807) is 19.2 Å². The SMILES string of the molecule is COc1ccc(NCc2nc(C)ccc2O)cc1. The highest BCUT2D eigenvalue weighted by molar-refractivity contribution is 5.47. The topological polar surface area (TPSA) is 54.4 Å². The maximum atomic E-state index is 9.67. The lowest BCUT2D eigenvalue weighted by molar-refractivity contribution is 0.415. The number of hydrogen-bond donors (Lipinski definition) is 2. The minimum atomic E-state index is 0.210. The molecular formula is C14H16N2O2. The minimum Gasteiger partial charge on any atom is -0.506 e. The second kappa shape index (κ2) is 5.40. The van der Waals surface area contributed by atoms with Crippen LogP contribution in [0.25, 0.3) is 0 Å². The van der Waals surface area contributed by atoms with E-state index in [1.807, 2.05) is 31.2 Å². The molecule has 0 aliphatic rings. The standard InChI is InChI=1S/C14H16N2O2/c1-10-3-8-14(17)13(16-10)9-15-11-4-6-12(18-2)7-5-11/h3-8,15,17H,9H2,1-2H3. The van der Waals surface area contributed by atoms with Gasteiger partial charge in [0.2, 0.25) is 0 Å². The third-order valence-corrected chi connectivity index (χ3v) is 2.64. The van der Waals surface area contributed by atoms with Crippen LogP contribution in [0.5, 0.6) is 11.5 Å². The van der Waals surface area contributed by atoms with E-state index >= 15 is 0 Å². The molecule has 2 aromatic rings. The van der Waals surface area contributed by atoms with Crippen LogP contribution in [0.3, 0.4) is 0 Å². The van der Waals surface area contributed by atoms with Gasteiger partial charge in [0.05, 0.1) is 13.7 Å². The molecule has 94 valence electrons. The number of benzene rings is 1. The molecule has 2 rings (SSSR count). The summed E-state index contributed by atoms with van der Waals surface area (Å²) in [6.45, 7) is 2.39. The Labute approximate surface area is 106 Å². The molecule has 0 atom stereocenters. The molecule has 0 aliphatic heterocycles. The second-order valence-electron chi connectivity index (χ2n) is 4.00. The molecule has 0 saturated carbocycles. The van der Waals surface area contributed by atoms with E-state index in [0.29, 0.717) is 12.2 Å². The Morgan fingerprint density at radius 2 is 1.89 bits per heavy atom. The van der Waals surface area contributed by atoms with Gasteiger partial charge in [0.15, 0.2) is 0 Å². The monoisotopic (exact) mass is 244 g/mol. The summed E-state index contributed by atoms with van der Waals surface area (Å²) in [5.74, 6) is 1.03. The fourth-order valence-electron chi connectivity index (χ4n) is 1.63. The Kier molecular flexibility index (Phi) is 3.67. The van der Waals surface area contributed by atoms with Crippen LogP contribution in [-0.2, 0) is 6.54 Å². The number of rotatable bonds is 4. The summed E-state index contributed by atoms with van der Waals surface area (Å²) in [5, 5.41) is 12.9. The predicted molar refractivity (Wildman–Crippen MR) is 71.0 cm³/mol. The molecule has 1 aromatic carbocycles. The number of aromatic hydroxyl groups is 1. The summed E-state index contributed by atoms with van der Waals surface area (Å²) in [5.41, 5.74) is 2.49. The summed E-state index contributed by atoms with van der Waals surface area (Å²) in [6, 6.07) is 11.1. The molecule has 4 heteroatoms. The van der Waals surface area contributed by atoms with Gasteiger partial charge in [-0.05, 0) is 43.3 Å². The molecule has 0 aliphatic carbocycles. The summed E-state index contributed by atoms with van der Waals surface area (Å²) >= 11 is 0. The fourth-order valence-corrected chi connectivity index (χ4v) is 1.63. The Morgan fingerprint density at radius 1 is 1.17 bits per heavy atom. The molecule has 0 amide bonds. The third-order valence-electron chi connectivity index (χ3n) is 2.64. The van der Waals surface area contributed by atoms with Gasteiger partial charge in [-0.2, -0.15) is 0 Å². The van der Waals surface area contributed by atoms with Crippen LogP contribution in [0, 0.1) is 6.92 Å². The van der Waals surface area contributed by atoms with Crippen molar-refractivity contribution in [3.8, 4) is 11.5 Å². The average Bonchev–Trinajstić information content (AvgIpc) is 2.40. The highest BCUT2D eigenvalue weighted by atomic mass is 16.5. The number of nitrogens with one attached hydrogen (secondary N) is 1. The number of ether oxygens (including phenoxy) is 1. The van der Waals surface area contributed by atoms with E-state index in [0.717, 1.165) is 17.1 Å². The maximum absolute atomic E-state index is 9.67. The summed E-state index contributed by atoms with van der Waals surface area (Å²) < 4.78 is 5.09. The Hall–Kier alpha value is -2.23. The van der Waals surface area contributed by atoms with Crippen LogP contribution < -0.4 is 10.1 Å². The van der Waals surface area contributed by atoms with Crippen molar-refractivity contribution in [1.29, 1.82) is 0 Å². The van der Waals surface area contributed by atoms with Gasteiger partial charge in [0.1, 0.15) is 17.2 Å². The summed E-state index contributed by atoms with van der Waals surface area (Å²) in [4.78, 5) is 4.28. The molecular weight excluding hydrogens is 228 g/mol. The molecule has 0 unspecified atom stereocenters. The zero-order chi connectivity index (χ0) is 13.0. The lowest BCUT2D eigenvalue weighted by Gasteiger charge is -2.08. The summed E-state index contributed by atoms with van der Waals surface area (Å²) in [7, 11) is 1.64. The fraction of sp³-hybridized carbons (Fsp3) is 0.214. The normalized spacial score (nSPS) is 10.1. The van der Waals surface area contributed by atoms with Crippen molar-refractivity contribution in [3.05, 3.63) is 47.8 Å². The van der Waals surface area contributed by atoms with E-state index < -0.39 is 0 Å². The van der Waals surface area contributed by atoms with Crippen molar-refractivity contribution in [3.63, 3.8) is 0 Å². The largest absolute Gasteiger partial charge is 0.506 e. The van der Waals surface area contributed by atoms with Crippen molar-refractivity contribution < 1.29 is 9.84 Å². The maximum Gasteiger partial charge on any atom is 0.138 e. The first-order valence-corrected chi connectivity index (χ1v) is 5.72. The lowest BCUT2D eigenvalue weighted by atomic mass is 10.2. The molecule has 1 heterocycles. The molecule has 18 heavy (non-hydrogen) atoms. The van der Waals surface area contributed by atoms with Crippen LogP contribution in [0.15, 0.2) is 36.4 Å². The summed E-state index contributed by atoms with van der Waals surface area (Å²) in [6.07, 6.45) is 0. The zero-order valence-electron chi connectivity index (χ0n) is 10.5. The highest BCUT2D eigenvalue weighted by Gasteiger charge is 2.03. The third kappa shape index (κ3) is 2.91. The van der Waals surface area contributed by atoms with Crippen LogP contribution >= 0.6 is 0 Å². The van der Waals surface area contributed by atoms with E-state index in [9.17, 15) is 5.11 Å². The molecule has 0 radical (unpaired) electrons. The molecule has 0 bridgehead atoms.